The minimum absolute atomic E-state index is 0. The lowest BCUT2D eigenvalue weighted by Crippen LogP contribution is -2.41. The van der Waals surface area contributed by atoms with Crippen molar-refractivity contribution in [1.82, 2.24) is 20.4 Å². The lowest BCUT2D eigenvalue weighted by Gasteiger charge is -2.15. The van der Waals surface area contributed by atoms with Crippen molar-refractivity contribution in [2.24, 2.45) is 4.99 Å². The molecule has 2 N–H and O–H groups in total. The quantitative estimate of drug-likeness (QED) is 0.329. The Bertz CT molecular complexity index is 900. The molecule has 0 saturated heterocycles. The van der Waals surface area contributed by atoms with E-state index in [0.717, 1.165) is 29.4 Å². The topological polar surface area (TPSA) is 63.5 Å². The molecule has 1 aliphatic heterocycles. The Hall–Kier alpha value is -2.55. The van der Waals surface area contributed by atoms with Gasteiger partial charge in [-0.15, -0.1) is 24.0 Å². The number of para-hydroxylation sites is 2. The van der Waals surface area contributed by atoms with Crippen molar-refractivity contribution < 1.29 is 4.74 Å². The van der Waals surface area contributed by atoms with Gasteiger partial charge in [-0.05, 0) is 23.8 Å². The first kappa shape index (κ1) is 20.2. The Morgan fingerprint density at radius 1 is 1.14 bits per heavy atom. The summed E-state index contributed by atoms with van der Waals surface area (Å²) in [7, 11) is 1.77. The minimum Gasteiger partial charge on any atom is -0.488 e. The van der Waals surface area contributed by atoms with Crippen LogP contribution in [0.2, 0.25) is 0 Å². The molecule has 1 atom stereocenters. The van der Waals surface area contributed by atoms with Gasteiger partial charge in [0.1, 0.15) is 11.9 Å². The van der Waals surface area contributed by atoms with Crippen LogP contribution < -0.4 is 15.4 Å². The molecule has 28 heavy (non-hydrogen) atoms. The molecule has 0 amide bonds. The molecule has 146 valence electrons. The molecule has 0 aliphatic carbocycles. The number of aliphatic imine (C=N–C) groups is 1. The average Bonchev–Trinajstić information content (AvgIpc) is 3.35. The van der Waals surface area contributed by atoms with Crippen molar-refractivity contribution in [3.05, 3.63) is 78.1 Å². The van der Waals surface area contributed by atoms with Gasteiger partial charge in [0.25, 0.3) is 0 Å². The van der Waals surface area contributed by atoms with Crippen LogP contribution in [-0.4, -0.2) is 35.4 Å². The van der Waals surface area contributed by atoms with Crippen LogP contribution in [0.1, 0.15) is 11.1 Å². The lowest BCUT2D eigenvalue weighted by atomic mass is 10.1. The van der Waals surface area contributed by atoms with Gasteiger partial charge in [0.05, 0.1) is 18.4 Å². The second-order valence-corrected chi connectivity index (χ2v) is 6.49. The number of ether oxygens (including phenoxy) is 1. The SMILES string of the molecule is CN=C(NCc1cnn(-c2ccccc2)c1)NCC1Cc2ccccc2O1.I. The molecule has 1 aromatic heterocycles. The number of hydrogen-bond acceptors (Lipinski definition) is 3. The van der Waals surface area contributed by atoms with Crippen LogP contribution >= 0.6 is 24.0 Å². The van der Waals surface area contributed by atoms with Crippen LogP contribution in [0.4, 0.5) is 0 Å². The van der Waals surface area contributed by atoms with E-state index in [-0.39, 0.29) is 30.1 Å². The van der Waals surface area contributed by atoms with E-state index in [0.29, 0.717) is 13.1 Å². The molecule has 1 aliphatic rings. The number of rotatable bonds is 5. The summed E-state index contributed by atoms with van der Waals surface area (Å²) in [6, 6.07) is 18.3. The van der Waals surface area contributed by atoms with E-state index in [2.05, 4.69) is 26.8 Å². The van der Waals surface area contributed by atoms with Crippen LogP contribution in [-0.2, 0) is 13.0 Å². The highest BCUT2D eigenvalue weighted by Crippen LogP contribution is 2.27. The fourth-order valence-corrected chi connectivity index (χ4v) is 3.16. The smallest absolute Gasteiger partial charge is 0.191 e. The molecular weight excluding hydrogens is 465 g/mol. The molecule has 4 rings (SSSR count). The number of fused-ring (bicyclic) bond motifs is 1. The van der Waals surface area contributed by atoms with Gasteiger partial charge in [-0.3, -0.25) is 4.99 Å². The number of guanidine groups is 1. The number of nitrogens with zero attached hydrogens (tertiary/aromatic N) is 3. The Morgan fingerprint density at radius 3 is 2.71 bits per heavy atom. The van der Waals surface area contributed by atoms with E-state index in [1.165, 1.54) is 5.56 Å². The number of hydrogen-bond donors (Lipinski definition) is 2. The summed E-state index contributed by atoms with van der Waals surface area (Å²) >= 11 is 0. The van der Waals surface area contributed by atoms with Gasteiger partial charge >= 0.3 is 0 Å². The fraction of sp³-hybridized carbons (Fsp3) is 0.238. The monoisotopic (exact) mass is 489 g/mol. The standard InChI is InChI=1S/C21H23N5O.HI/c1-22-21(24-14-19-11-17-7-5-6-10-20(17)27-19)23-12-16-13-25-26(15-16)18-8-3-2-4-9-18;/h2-10,13,15,19H,11-12,14H2,1H3,(H2,22,23,24);1H. The summed E-state index contributed by atoms with van der Waals surface area (Å²) in [4.78, 5) is 4.29. The molecule has 0 saturated carbocycles. The molecule has 0 radical (unpaired) electrons. The van der Waals surface area contributed by atoms with Crippen LogP contribution in [0.25, 0.3) is 5.69 Å². The summed E-state index contributed by atoms with van der Waals surface area (Å²) in [6.07, 6.45) is 4.93. The van der Waals surface area contributed by atoms with Crippen LogP contribution in [0.5, 0.6) is 5.75 Å². The zero-order valence-corrected chi connectivity index (χ0v) is 18.0. The maximum absolute atomic E-state index is 5.96. The summed E-state index contributed by atoms with van der Waals surface area (Å²) in [5, 5.41) is 11.1. The largest absolute Gasteiger partial charge is 0.488 e. The van der Waals surface area contributed by atoms with Crippen molar-refractivity contribution in [2.45, 2.75) is 19.1 Å². The van der Waals surface area contributed by atoms with Gasteiger partial charge in [-0.25, -0.2) is 4.68 Å². The summed E-state index contributed by atoms with van der Waals surface area (Å²) in [5.41, 5.74) is 3.40. The minimum atomic E-state index is 0. The molecule has 0 bridgehead atoms. The first-order chi connectivity index (χ1) is 13.3. The molecule has 7 heteroatoms. The van der Waals surface area contributed by atoms with Gasteiger partial charge in [-0.1, -0.05) is 36.4 Å². The molecule has 0 fully saturated rings. The van der Waals surface area contributed by atoms with Gasteiger partial charge in [0, 0.05) is 31.8 Å². The van der Waals surface area contributed by atoms with Crippen molar-refractivity contribution in [1.29, 1.82) is 0 Å². The Labute approximate surface area is 182 Å². The Morgan fingerprint density at radius 2 is 1.93 bits per heavy atom. The average molecular weight is 489 g/mol. The zero-order valence-electron chi connectivity index (χ0n) is 15.7. The molecule has 1 unspecified atom stereocenters. The summed E-state index contributed by atoms with van der Waals surface area (Å²) in [5.74, 6) is 1.74. The van der Waals surface area contributed by atoms with E-state index in [9.17, 15) is 0 Å². The number of benzene rings is 2. The molecule has 6 nitrogen and oxygen atoms in total. The van der Waals surface area contributed by atoms with Crippen molar-refractivity contribution in [3.63, 3.8) is 0 Å². The third-order valence-corrected chi connectivity index (χ3v) is 4.55. The fourth-order valence-electron chi connectivity index (χ4n) is 3.16. The van der Waals surface area contributed by atoms with Gasteiger partial charge in [0.15, 0.2) is 5.96 Å². The Balaban J connectivity index is 0.00000225. The first-order valence-corrected chi connectivity index (χ1v) is 9.10. The van der Waals surface area contributed by atoms with E-state index in [1.807, 2.05) is 65.6 Å². The Kier molecular flexibility index (Phi) is 6.91. The molecule has 3 aromatic rings. The van der Waals surface area contributed by atoms with Crippen LogP contribution in [0.3, 0.4) is 0 Å². The first-order valence-electron chi connectivity index (χ1n) is 9.10. The molecular formula is C21H24IN5O. The molecule has 0 spiro atoms. The maximum Gasteiger partial charge on any atom is 0.191 e. The highest BCUT2D eigenvalue weighted by atomic mass is 127. The van der Waals surface area contributed by atoms with Crippen molar-refractivity contribution in [2.75, 3.05) is 13.6 Å². The zero-order chi connectivity index (χ0) is 18.5. The second kappa shape index (κ2) is 9.59. The van der Waals surface area contributed by atoms with Crippen molar-refractivity contribution >= 4 is 29.9 Å². The van der Waals surface area contributed by atoms with Crippen LogP contribution in [0, 0.1) is 0 Å². The molecule has 2 heterocycles. The van der Waals surface area contributed by atoms with Crippen LogP contribution in [0.15, 0.2) is 72.0 Å². The predicted molar refractivity (Wildman–Crippen MR) is 122 cm³/mol. The van der Waals surface area contributed by atoms with E-state index >= 15 is 0 Å². The number of halogens is 1. The normalized spacial score (nSPS) is 15.3. The highest BCUT2D eigenvalue weighted by Gasteiger charge is 2.22. The number of aromatic nitrogens is 2. The van der Waals surface area contributed by atoms with E-state index in [4.69, 9.17) is 4.74 Å². The van der Waals surface area contributed by atoms with E-state index in [1.54, 1.807) is 7.05 Å². The van der Waals surface area contributed by atoms with Crippen molar-refractivity contribution in [3.8, 4) is 11.4 Å². The summed E-state index contributed by atoms with van der Waals surface area (Å²) < 4.78 is 7.83. The second-order valence-electron chi connectivity index (χ2n) is 6.49. The number of nitrogens with one attached hydrogen (secondary N) is 2. The summed E-state index contributed by atoms with van der Waals surface area (Å²) in [6.45, 7) is 1.36. The third-order valence-electron chi connectivity index (χ3n) is 4.55. The van der Waals surface area contributed by atoms with Gasteiger partial charge in [0.2, 0.25) is 0 Å². The molecule has 2 aromatic carbocycles. The predicted octanol–water partition coefficient (Wildman–Crippen LogP) is 3.16. The maximum atomic E-state index is 5.96. The van der Waals surface area contributed by atoms with Gasteiger partial charge in [-0.2, -0.15) is 5.10 Å². The van der Waals surface area contributed by atoms with Gasteiger partial charge < -0.3 is 15.4 Å². The lowest BCUT2D eigenvalue weighted by molar-refractivity contribution is 0.235. The van der Waals surface area contributed by atoms with E-state index < -0.39 is 0 Å². The third kappa shape index (κ3) is 4.83. The highest BCUT2D eigenvalue weighted by molar-refractivity contribution is 14.0.